The molecule has 1 N–H and O–H groups in total. The molecule has 0 amide bonds. The van der Waals surface area contributed by atoms with E-state index in [0.717, 1.165) is 26.2 Å². The molecule has 1 aliphatic heterocycles. The highest BCUT2D eigenvalue weighted by molar-refractivity contribution is 5.19. The summed E-state index contributed by atoms with van der Waals surface area (Å²) in [5.74, 6) is 0.550. The highest BCUT2D eigenvalue weighted by atomic mass is 19.1. The summed E-state index contributed by atoms with van der Waals surface area (Å²) in [5, 5.41) is 3.64. The van der Waals surface area contributed by atoms with Gasteiger partial charge in [0.05, 0.1) is 0 Å². The van der Waals surface area contributed by atoms with Gasteiger partial charge in [0.2, 0.25) is 0 Å². The van der Waals surface area contributed by atoms with Crippen molar-refractivity contribution in [3.63, 3.8) is 0 Å². The maximum Gasteiger partial charge on any atom is 0.123 e. The molecule has 1 heterocycles. The zero-order valence-corrected chi connectivity index (χ0v) is 12.4. The van der Waals surface area contributed by atoms with E-state index in [4.69, 9.17) is 4.74 Å². The SMILES string of the molecule is CCCCC(NCCC1CCOC1)c1ccc(F)cc1. The molecule has 1 fully saturated rings. The first-order chi connectivity index (χ1) is 9.79. The summed E-state index contributed by atoms with van der Waals surface area (Å²) in [7, 11) is 0. The second kappa shape index (κ2) is 8.38. The minimum Gasteiger partial charge on any atom is -0.381 e. The molecule has 112 valence electrons. The lowest BCUT2D eigenvalue weighted by Gasteiger charge is -2.20. The molecule has 0 spiro atoms. The third kappa shape index (κ3) is 4.88. The number of benzene rings is 1. The van der Waals surface area contributed by atoms with Crippen molar-refractivity contribution < 1.29 is 9.13 Å². The van der Waals surface area contributed by atoms with Gasteiger partial charge in [-0.05, 0) is 49.4 Å². The van der Waals surface area contributed by atoms with Crippen LogP contribution in [0.4, 0.5) is 4.39 Å². The maximum absolute atomic E-state index is 13.0. The standard InChI is InChI=1S/C17H26FNO/c1-2-3-4-17(15-5-7-16(18)8-6-15)19-11-9-14-10-12-20-13-14/h5-8,14,17,19H,2-4,9-13H2,1H3. The Labute approximate surface area is 121 Å². The van der Waals surface area contributed by atoms with Gasteiger partial charge in [0.25, 0.3) is 0 Å². The van der Waals surface area contributed by atoms with Gasteiger partial charge >= 0.3 is 0 Å². The third-order valence-electron chi connectivity index (χ3n) is 4.09. The molecule has 2 atom stereocenters. The van der Waals surface area contributed by atoms with Gasteiger partial charge in [-0.2, -0.15) is 0 Å². The lowest BCUT2D eigenvalue weighted by molar-refractivity contribution is 0.184. The third-order valence-corrected chi connectivity index (χ3v) is 4.09. The molecule has 2 rings (SSSR count). The van der Waals surface area contributed by atoms with E-state index in [1.807, 2.05) is 12.1 Å². The van der Waals surface area contributed by atoms with Crippen LogP contribution in [0.2, 0.25) is 0 Å². The van der Waals surface area contributed by atoms with Crippen molar-refractivity contribution >= 4 is 0 Å². The van der Waals surface area contributed by atoms with Crippen LogP contribution >= 0.6 is 0 Å². The monoisotopic (exact) mass is 279 g/mol. The number of unbranched alkanes of at least 4 members (excludes halogenated alkanes) is 1. The average Bonchev–Trinajstić information content (AvgIpc) is 2.97. The summed E-state index contributed by atoms with van der Waals surface area (Å²) in [6.07, 6.45) is 5.86. The summed E-state index contributed by atoms with van der Waals surface area (Å²) < 4.78 is 18.4. The average molecular weight is 279 g/mol. The van der Waals surface area contributed by atoms with Gasteiger partial charge in [0.1, 0.15) is 5.82 Å². The van der Waals surface area contributed by atoms with Crippen molar-refractivity contribution in [3.8, 4) is 0 Å². The minimum absolute atomic E-state index is 0.161. The van der Waals surface area contributed by atoms with Crippen LogP contribution in [0.3, 0.4) is 0 Å². The van der Waals surface area contributed by atoms with Gasteiger partial charge < -0.3 is 10.1 Å². The molecule has 2 unspecified atom stereocenters. The molecule has 20 heavy (non-hydrogen) atoms. The molecule has 0 saturated carbocycles. The molecule has 3 heteroatoms. The van der Waals surface area contributed by atoms with E-state index in [2.05, 4.69) is 12.2 Å². The number of rotatable bonds is 8. The van der Waals surface area contributed by atoms with Gasteiger partial charge in [-0.15, -0.1) is 0 Å². The summed E-state index contributed by atoms with van der Waals surface area (Å²) >= 11 is 0. The normalized spacial score (nSPS) is 20.2. The zero-order valence-electron chi connectivity index (χ0n) is 12.4. The summed E-state index contributed by atoms with van der Waals surface area (Å²) in [4.78, 5) is 0. The van der Waals surface area contributed by atoms with E-state index >= 15 is 0 Å². The smallest absolute Gasteiger partial charge is 0.123 e. The molecule has 0 aliphatic carbocycles. The lowest BCUT2D eigenvalue weighted by atomic mass is 10.00. The van der Waals surface area contributed by atoms with E-state index in [-0.39, 0.29) is 5.82 Å². The summed E-state index contributed by atoms with van der Waals surface area (Å²) in [5.41, 5.74) is 1.20. The van der Waals surface area contributed by atoms with Crippen LogP contribution in [-0.2, 0) is 4.74 Å². The Balaban J connectivity index is 1.84. The number of nitrogens with one attached hydrogen (secondary N) is 1. The van der Waals surface area contributed by atoms with Crippen LogP contribution in [0.15, 0.2) is 24.3 Å². The Morgan fingerprint density at radius 1 is 1.35 bits per heavy atom. The minimum atomic E-state index is -0.161. The molecule has 1 aromatic carbocycles. The molecule has 0 bridgehead atoms. The molecular formula is C17H26FNO. The Bertz CT molecular complexity index is 373. The lowest BCUT2D eigenvalue weighted by Crippen LogP contribution is -2.24. The molecule has 1 saturated heterocycles. The van der Waals surface area contributed by atoms with E-state index in [1.54, 1.807) is 12.1 Å². The second-order valence-electron chi connectivity index (χ2n) is 5.72. The molecule has 0 aromatic heterocycles. The quantitative estimate of drug-likeness (QED) is 0.774. The number of hydrogen-bond acceptors (Lipinski definition) is 2. The zero-order chi connectivity index (χ0) is 14.2. The molecular weight excluding hydrogens is 253 g/mol. The van der Waals surface area contributed by atoms with Crippen LogP contribution in [0.25, 0.3) is 0 Å². The van der Waals surface area contributed by atoms with E-state index in [0.29, 0.717) is 12.0 Å². The highest BCUT2D eigenvalue weighted by Gasteiger charge is 2.16. The van der Waals surface area contributed by atoms with Crippen molar-refractivity contribution in [1.82, 2.24) is 5.32 Å². The van der Waals surface area contributed by atoms with Gasteiger partial charge in [-0.3, -0.25) is 0 Å². The van der Waals surface area contributed by atoms with Crippen molar-refractivity contribution in [2.75, 3.05) is 19.8 Å². The highest BCUT2D eigenvalue weighted by Crippen LogP contribution is 2.21. The fourth-order valence-corrected chi connectivity index (χ4v) is 2.76. The summed E-state index contributed by atoms with van der Waals surface area (Å²) in [6, 6.07) is 7.27. The van der Waals surface area contributed by atoms with Crippen molar-refractivity contribution in [2.24, 2.45) is 5.92 Å². The van der Waals surface area contributed by atoms with Gasteiger partial charge in [0, 0.05) is 19.3 Å². The van der Waals surface area contributed by atoms with Gasteiger partial charge in [-0.25, -0.2) is 4.39 Å². The Kier molecular flexibility index (Phi) is 6.48. The maximum atomic E-state index is 13.0. The molecule has 1 aliphatic rings. The van der Waals surface area contributed by atoms with Crippen molar-refractivity contribution in [1.29, 1.82) is 0 Å². The molecule has 1 aromatic rings. The Hall–Kier alpha value is -0.930. The second-order valence-corrected chi connectivity index (χ2v) is 5.72. The first kappa shape index (κ1) is 15.5. The van der Waals surface area contributed by atoms with Crippen molar-refractivity contribution in [3.05, 3.63) is 35.6 Å². The van der Waals surface area contributed by atoms with Crippen molar-refractivity contribution in [2.45, 2.75) is 45.1 Å². The fourth-order valence-electron chi connectivity index (χ4n) is 2.76. The first-order valence-corrected chi connectivity index (χ1v) is 7.86. The van der Waals surface area contributed by atoms with E-state index < -0.39 is 0 Å². The summed E-state index contributed by atoms with van der Waals surface area (Å²) in [6.45, 7) is 5.05. The number of halogens is 1. The number of hydrogen-bond donors (Lipinski definition) is 1. The van der Waals surface area contributed by atoms with Gasteiger partial charge in [-0.1, -0.05) is 31.9 Å². The predicted octanol–water partition coefficient (Wildman–Crippen LogP) is 4.07. The van der Waals surface area contributed by atoms with Crippen LogP contribution in [0.5, 0.6) is 0 Å². The molecule has 0 radical (unpaired) electrons. The largest absolute Gasteiger partial charge is 0.381 e. The van der Waals surface area contributed by atoms with E-state index in [1.165, 1.54) is 31.2 Å². The number of ether oxygens (including phenoxy) is 1. The van der Waals surface area contributed by atoms with Crippen LogP contribution < -0.4 is 5.32 Å². The first-order valence-electron chi connectivity index (χ1n) is 7.86. The Morgan fingerprint density at radius 2 is 2.15 bits per heavy atom. The predicted molar refractivity (Wildman–Crippen MR) is 80.2 cm³/mol. The molecule has 2 nitrogen and oxygen atoms in total. The topological polar surface area (TPSA) is 21.3 Å². The van der Waals surface area contributed by atoms with Gasteiger partial charge in [0.15, 0.2) is 0 Å². The Morgan fingerprint density at radius 3 is 2.80 bits per heavy atom. The van der Waals surface area contributed by atoms with E-state index in [9.17, 15) is 4.39 Å². The van der Waals surface area contributed by atoms with Crippen LogP contribution in [0.1, 0.15) is 50.6 Å². The van der Waals surface area contributed by atoms with Crippen LogP contribution in [-0.4, -0.2) is 19.8 Å². The van der Waals surface area contributed by atoms with Crippen LogP contribution in [0, 0.1) is 11.7 Å². The fraction of sp³-hybridized carbons (Fsp3) is 0.647.